The zero-order valence-corrected chi connectivity index (χ0v) is 25.3. The number of nitrogens with zero attached hydrogens (tertiary/aromatic N) is 5. The third-order valence-corrected chi connectivity index (χ3v) is 9.25. The average Bonchev–Trinajstić information content (AvgIpc) is 3.69. The van der Waals surface area contributed by atoms with Gasteiger partial charge in [0.25, 0.3) is 0 Å². The number of fused-ring (bicyclic) bond motifs is 12. The lowest BCUT2D eigenvalue weighted by Crippen LogP contribution is -2.05. The highest BCUT2D eigenvalue weighted by Crippen LogP contribution is 2.41. The Bertz CT molecular complexity index is 2840. The van der Waals surface area contributed by atoms with Gasteiger partial charge in [0.15, 0.2) is 0 Å². The fourth-order valence-electron chi connectivity index (χ4n) is 7.12. The Morgan fingerprint density at radius 1 is 0.458 bits per heavy atom. The van der Waals surface area contributed by atoms with Crippen LogP contribution < -0.4 is 0 Å². The second kappa shape index (κ2) is 10.0. The maximum atomic E-state index is 14.0. The van der Waals surface area contributed by atoms with Gasteiger partial charge in [-0.3, -0.25) is 8.97 Å². The molecule has 0 N–H and O–H groups in total. The van der Waals surface area contributed by atoms with Gasteiger partial charge in [-0.15, -0.1) is 0 Å². The van der Waals surface area contributed by atoms with E-state index < -0.39 is 0 Å². The zero-order valence-electron chi connectivity index (χ0n) is 25.3. The summed E-state index contributed by atoms with van der Waals surface area (Å²) in [6, 6.07) is 43.6. The molecule has 0 amide bonds. The van der Waals surface area contributed by atoms with E-state index >= 15 is 0 Å². The molecule has 0 saturated carbocycles. The summed E-state index contributed by atoms with van der Waals surface area (Å²) in [4.78, 5) is 15.4. The van der Waals surface area contributed by atoms with Gasteiger partial charge in [-0.25, -0.2) is 23.7 Å². The van der Waals surface area contributed by atoms with Crippen LogP contribution in [0.4, 0.5) is 8.78 Å². The lowest BCUT2D eigenvalue weighted by molar-refractivity contribution is 0.627. The summed E-state index contributed by atoms with van der Waals surface area (Å²) in [5.41, 5.74) is 8.51. The normalized spacial score (nSPS) is 12.0. The number of benzene rings is 6. The number of aromatic nitrogens is 5. The van der Waals surface area contributed by atoms with Crippen molar-refractivity contribution >= 4 is 60.2 Å². The van der Waals surface area contributed by atoms with Gasteiger partial charge in [0.05, 0.1) is 39.0 Å². The van der Waals surface area contributed by atoms with Gasteiger partial charge in [-0.1, -0.05) is 60.7 Å². The molecule has 0 bridgehead atoms. The number of para-hydroxylation sites is 3. The van der Waals surface area contributed by atoms with Crippen molar-refractivity contribution in [2.75, 3.05) is 0 Å². The molecule has 0 saturated heterocycles. The van der Waals surface area contributed by atoms with Crippen molar-refractivity contribution in [1.29, 1.82) is 0 Å². The van der Waals surface area contributed by atoms with Crippen molar-refractivity contribution in [3.63, 3.8) is 0 Å². The van der Waals surface area contributed by atoms with Crippen LogP contribution in [0.1, 0.15) is 0 Å². The number of hydrogen-bond donors (Lipinski definition) is 0. The molecule has 10 aromatic rings. The van der Waals surface area contributed by atoms with Crippen molar-refractivity contribution in [2.45, 2.75) is 0 Å². The molecule has 0 unspecified atom stereocenters. The Hall–Kier alpha value is -6.47. The van der Waals surface area contributed by atoms with Crippen LogP contribution in [0, 0.1) is 11.6 Å². The van der Waals surface area contributed by atoms with Crippen molar-refractivity contribution in [3.8, 4) is 28.5 Å². The summed E-state index contributed by atoms with van der Waals surface area (Å²) in [7, 11) is 0. The van der Waals surface area contributed by atoms with E-state index in [0.717, 1.165) is 71.3 Å². The molecule has 6 aromatic carbocycles. The van der Waals surface area contributed by atoms with E-state index in [1.807, 2.05) is 42.5 Å². The number of rotatable bonds is 3. The highest BCUT2D eigenvalue weighted by atomic mass is 19.1. The van der Waals surface area contributed by atoms with Gasteiger partial charge in [0, 0.05) is 32.7 Å². The molecule has 4 aromatic heterocycles. The Morgan fingerprint density at radius 3 is 1.73 bits per heavy atom. The van der Waals surface area contributed by atoms with E-state index in [1.54, 1.807) is 24.3 Å². The van der Waals surface area contributed by atoms with E-state index in [4.69, 9.17) is 15.0 Å². The number of pyridine rings is 1. The molecule has 0 aliphatic heterocycles. The van der Waals surface area contributed by atoms with Crippen LogP contribution in [0.25, 0.3) is 88.6 Å². The van der Waals surface area contributed by atoms with Crippen molar-refractivity contribution in [3.05, 3.63) is 151 Å². The van der Waals surface area contributed by atoms with Crippen LogP contribution >= 0.6 is 0 Å². The Morgan fingerprint density at radius 2 is 1.04 bits per heavy atom. The molecule has 0 atom stereocenters. The maximum Gasteiger partial charge on any atom is 0.235 e. The van der Waals surface area contributed by atoms with Gasteiger partial charge < -0.3 is 0 Å². The summed E-state index contributed by atoms with van der Waals surface area (Å²) in [6.45, 7) is 0. The lowest BCUT2D eigenvalue weighted by Gasteiger charge is -2.14. The van der Waals surface area contributed by atoms with E-state index in [0.29, 0.717) is 17.3 Å². The summed E-state index contributed by atoms with van der Waals surface area (Å²) in [6.07, 6.45) is 0. The fraction of sp³-hybridized carbons (Fsp3) is 0. The predicted molar refractivity (Wildman–Crippen MR) is 188 cm³/mol. The van der Waals surface area contributed by atoms with Crippen LogP contribution in [0.15, 0.2) is 140 Å². The van der Waals surface area contributed by atoms with Gasteiger partial charge in [0.2, 0.25) is 5.95 Å². The molecule has 48 heavy (non-hydrogen) atoms. The standard InChI is InChI=1S/C41H23F2N5/c42-26-17-13-24(14-18-26)33-23-34(25-15-19-27(43)20-16-25)46-41(45-33)48-35-11-5-3-7-28(35)30-21-22-37-38(39(30)48)29-8-1-2-9-31(29)40-44-32-10-4-6-12-36(32)47(37)40/h1-23H. The highest BCUT2D eigenvalue weighted by Gasteiger charge is 2.22. The van der Waals surface area contributed by atoms with Crippen LogP contribution in [-0.2, 0) is 0 Å². The first-order chi connectivity index (χ1) is 23.6. The van der Waals surface area contributed by atoms with Crippen LogP contribution in [-0.4, -0.2) is 23.9 Å². The third-order valence-electron chi connectivity index (χ3n) is 9.25. The molecule has 7 heteroatoms. The van der Waals surface area contributed by atoms with Gasteiger partial charge in [-0.2, -0.15) is 0 Å². The summed E-state index contributed by atoms with van der Waals surface area (Å²) in [5.74, 6) is -0.203. The molecule has 0 spiro atoms. The molecule has 4 heterocycles. The number of imidazole rings is 1. The molecule has 10 rings (SSSR count). The van der Waals surface area contributed by atoms with E-state index in [-0.39, 0.29) is 11.6 Å². The maximum absolute atomic E-state index is 14.0. The Kier molecular flexibility index (Phi) is 5.57. The quantitative estimate of drug-likeness (QED) is 0.184. The first-order valence-electron chi connectivity index (χ1n) is 15.7. The van der Waals surface area contributed by atoms with Gasteiger partial charge in [0.1, 0.15) is 17.3 Å². The van der Waals surface area contributed by atoms with Crippen LogP contribution in [0.3, 0.4) is 0 Å². The van der Waals surface area contributed by atoms with Crippen molar-refractivity contribution in [1.82, 2.24) is 23.9 Å². The minimum absolute atomic E-state index is 0.328. The zero-order chi connectivity index (χ0) is 31.9. The molecule has 0 radical (unpaired) electrons. The minimum atomic E-state index is -0.328. The monoisotopic (exact) mass is 623 g/mol. The summed E-state index contributed by atoms with van der Waals surface area (Å²) < 4.78 is 32.4. The highest BCUT2D eigenvalue weighted by molar-refractivity contribution is 6.27. The second-order valence-electron chi connectivity index (χ2n) is 12.0. The summed E-state index contributed by atoms with van der Waals surface area (Å²) >= 11 is 0. The number of hydrogen-bond acceptors (Lipinski definition) is 3. The van der Waals surface area contributed by atoms with E-state index in [2.05, 4.69) is 57.5 Å². The largest absolute Gasteiger partial charge is 0.292 e. The first kappa shape index (κ1) is 26.7. The minimum Gasteiger partial charge on any atom is -0.292 e. The predicted octanol–water partition coefficient (Wildman–Crippen LogP) is 10.3. The van der Waals surface area contributed by atoms with E-state index in [1.165, 1.54) is 24.3 Å². The van der Waals surface area contributed by atoms with Crippen molar-refractivity contribution in [2.24, 2.45) is 0 Å². The molecule has 0 fully saturated rings. The smallest absolute Gasteiger partial charge is 0.235 e. The third kappa shape index (κ3) is 3.85. The topological polar surface area (TPSA) is 48.0 Å². The SMILES string of the molecule is Fc1ccc(-c2cc(-c3ccc(F)cc3)nc(-n3c4ccccc4c4ccc5c(c6ccccc6c6nc7ccccc7n56)c43)n2)cc1. The molecule has 0 aliphatic rings. The van der Waals surface area contributed by atoms with Gasteiger partial charge >= 0.3 is 0 Å². The Balaban J connectivity index is 1.40. The van der Waals surface area contributed by atoms with Crippen LogP contribution in [0.5, 0.6) is 0 Å². The van der Waals surface area contributed by atoms with E-state index in [9.17, 15) is 8.78 Å². The Labute approximate surface area is 272 Å². The molecule has 5 nitrogen and oxygen atoms in total. The second-order valence-corrected chi connectivity index (χ2v) is 12.0. The fourth-order valence-corrected chi connectivity index (χ4v) is 7.12. The molecule has 226 valence electrons. The summed E-state index contributed by atoms with van der Waals surface area (Å²) in [5, 5.41) is 5.28. The number of halogens is 2. The first-order valence-corrected chi connectivity index (χ1v) is 15.7. The lowest BCUT2D eigenvalue weighted by atomic mass is 10.0. The van der Waals surface area contributed by atoms with Gasteiger partial charge in [-0.05, 0) is 84.2 Å². The van der Waals surface area contributed by atoms with Crippen molar-refractivity contribution < 1.29 is 8.78 Å². The molecular formula is C41H23F2N5. The average molecular weight is 624 g/mol. The van der Waals surface area contributed by atoms with Crippen LogP contribution in [0.2, 0.25) is 0 Å². The molecule has 0 aliphatic carbocycles. The molecular weight excluding hydrogens is 600 g/mol.